The summed E-state index contributed by atoms with van der Waals surface area (Å²) in [5.74, 6) is 8.32. The van der Waals surface area contributed by atoms with Crippen LogP contribution in [-0.2, 0) is 9.53 Å². The van der Waals surface area contributed by atoms with Crippen LogP contribution in [0.2, 0.25) is 0 Å². The van der Waals surface area contributed by atoms with Crippen molar-refractivity contribution in [3.05, 3.63) is 60.2 Å². The number of benzene rings is 2. The fourth-order valence-electron chi connectivity index (χ4n) is 4.56. The molecule has 4 atom stereocenters. The summed E-state index contributed by atoms with van der Waals surface area (Å²) in [5.41, 5.74) is 0.521. The number of hydrogen-bond donors (Lipinski definition) is 1. The van der Waals surface area contributed by atoms with Gasteiger partial charge >= 0.3 is 5.97 Å². The normalized spacial score (nSPS) is 21.9. The van der Waals surface area contributed by atoms with Gasteiger partial charge in [-0.25, -0.2) is 4.79 Å². The molecule has 1 aliphatic carbocycles. The van der Waals surface area contributed by atoms with E-state index in [2.05, 4.69) is 37.9 Å². The number of esters is 1. The van der Waals surface area contributed by atoms with Gasteiger partial charge < -0.3 is 14.8 Å². The van der Waals surface area contributed by atoms with Crippen LogP contribution in [0.4, 0.5) is 5.69 Å². The molecular weight excluding hydrogens is 410 g/mol. The van der Waals surface area contributed by atoms with E-state index in [1.807, 2.05) is 61.5 Å². The van der Waals surface area contributed by atoms with E-state index in [0.29, 0.717) is 24.2 Å². The predicted molar refractivity (Wildman–Crippen MR) is 134 cm³/mol. The molecule has 1 N–H and O–H groups in total. The van der Waals surface area contributed by atoms with Crippen LogP contribution in [0.15, 0.2) is 54.6 Å². The quantitative estimate of drug-likeness (QED) is 0.399. The van der Waals surface area contributed by atoms with E-state index >= 15 is 0 Å². The van der Waals surface area contributed by atoms with Crippen molar-refractivity contribution in [2.45, 2.75) is 65.0 Å². The molecule has 0 heterocycles. The van der Waals surface area contributed by atoms with Crippen LogP contribution in [0, 0.1) is 29.6 Å². The van der Waals surface area contributed by atoms with Gasteiger partial charge in [0.05, 0.1) is 7.11 Å². The summed E-state index contributed by atoms with van der Waals surface area (Å²) in [5, 5.41) is 3.40. The molecule has 0 saturated heterocycles. The maximum Gasteiger partial charge on any atom is 0.344 e. The van der Waals surface area contributed by atoms with Crippen LogP contribution in [0.1, 0.15) is 58.9 Å². The third-order valence-corrected chi connectivity index (χ3v) is 6.74. The Kier molecular flexibility index (Phi) is 8.44. The number of nitrogens with one attached hydrogen (secondary N) is 1. The smallest absolute Gasteiger partial charge is 0.344 e. The maximum atomic E-state index is 13.8. The average molecular weight is 448 g/mol. The van der Waals surface area contributed by atoms with Gasteiger partial charge in [-0.1, -0.05) is 64.2 Å². The zero-order valence-corrected chi connectivity index (χ0v) is 20.6. The molecule has 4 nitrogen and oxygen atoms in total. The van der Waals surface area contributed by atoms with Crippen LogP contribution < -0.4 is 10.1 Å². The zero-order chi connectivity index (χ0) is 23.8. The topological polar surface area (TPSA) is 47.6 Å². The SMILES string of the molecule is CC[C@](C#Cc1ccccc1)(Nc1ccc(OC)cc1)C(=O)O[C@@H]1C[C@H](C)CC[C@H]1C(C)C. The highest BCUT2D eigenvalue weighted by Crippen LogP contribution is 2.36. The minimum atomic E-state index is -1.15. The Hall–Kier alpha value is -2.93. The molecule has 0 unspecified atom stereocenters. The fourth-order valence-corrected chi connectivity index (χ4v) is 4.56. The van der Waals surface area contributed by atoms with E-state index in [1.54, 1.807) is 7.11 Å². The van der Waals surface area contributed by atoms with Gasteiger partial charge in [0.25, 0.3) is 0 Å². The lowest BCUT2D eigenvalue weighted by molar-refractivity contribution is -0.159. The second-order valence-corrected chi connectivity index (χ2v) is 9.50. The molecule has 0 aromatic heterocycles. The van der Waals surface area contributed by atoms with E-state index in [1.165, 1.54) is 6.42 Å². The Morgan fingerprint density at radius 2 is 1.82 bits per heavy atom. The van der Waals surface area contributed by atoms with Gasteiger partial charge in [-0.15, -0.1) is 0 Å². The molecule has 2 aromatic carbocycles. The molecule has 0 spiro atoms. The molecular formula is C29H37NO3. The molecule has 3 rings (SSSR count). The molecule has 0 radical (unpaired) electrons. The number of hydrogen-bond acceptors (Lipinski definition) is 4. The lowest BCUT2D eigenvalue weighted by atomic mass is 9.75. The lowest BCUT2D eigenvalue weighted by Gasteiger charge is -2.38. The zero-order valence-electron chi connectivity index (χ0n) is 20.6. The second kappa shape index (κ2) is 11.3. The van der Waals surface area contributed by atoms with E-state index in [4.69, 9.17) is 9.47 Å². The fraction of sp³-hybridized carbons (Fsp3) is 0.483. The van der Waals surface area contributed by atoms with Crippen LogP contribution in [0.5, 0.6) is 5.75 Å². The molecule has 33 heavy (non-hydrogen) atoms. The van der Waals surface area contributed by atoms with Crippen molar-refractivity contribution in [3.63, 3.8) is 0 Å². The van der Waals surface area contributed by atoms with Crippen molar-refractivity contribution < 1.29 is 14.3 Å². The van der Waals surface area contributed by atoms with Gasteiger partial charge in [-0.05, 0) is 73.4 Å². The molecule has 4 heteroatoms. The number of anilines is 1. The average Bonchev–Trinajstić information content (AvgIpc) is 2.82. The van der Waals surface area contributed by atoms with Crippen LogP contribution in [0.25, 0.3) is 0 Å². The van der Waals surface area contributed by atoms with Crippen LogP contribution >= 0.6 is 0 Å². The summed E-state index contributed by atoms with van der Waals surface area (Å²) in [6.07, 6.45) is 3.59. The van der Waals surface area contributed by atoms with E-state index in [-0.39, 0.29) is 12.1 Å². The van der Waals surface area contributed by atoms with Crippen LogP contribution in [0.3, 0.4) is 0 Å². The largest absolute Gasteiger partial charge is 0.497 e. The Balaban J connectivity index is 1.93. The summed E-state index contributed by atoms with van der Waals surface area (Å²) in [4.78, 5) is 13.8. The van der Waals surface area contributed by atoms with Gasteiger partial charge in [0, 0.05) is 11.3 Å². The van der Waals surface area contributed by atoms with Gasteiger partial charge in [0.2, 0.25) is 0 Å². The first-order valence-corrected chi connectivity index (χ1v) is 12.1. The van der Waals surface area contributed by atoms with Crippen molar-refractivity contribution in [3.8, 4) is 17.6 Å². The van der Waals surface area contributed by atoms with Gasteiger partial charge in [-0.3, -0.25) is 0 Å². The van der Waals surface area contributed by atoms with Crippen molar-refractivity contribution in [2.75, 3.05) is 12.4 Å². The molecule has 0 aliphatic heterocycles. The summed E-state index contributed by atoms with van der Waals surface area (Å²) in [6, 6.07) is 17.3. The molecule has 176 valence electrons. The predicted octanol–water partition coefficient (Wildman–Crippen LogP) is 6.31. The van der Waals surface area contributed by atoms with E-state index in [9.17, 15) is 4.79 Å². The van der Waals surface area contributed by atoms with Crippen LogP contribution in [-0.4, -0.2) is 24.7 Å². The van der Waals surface area contributed by atoms with Crippen molar-refractivity contribution in [2.24, 2.45) is 17.8 Å². The first-order chi connectivity index (χ1) is 15.9. The lowest BCUT2D eigenvalue weighted by Crippen LogP contribution is -2.49. The Bertz CT molecular complexity index is 958. The Labute approximate surface area is 199 Å². The third kappa shape index (κ3) is 6.32. The number of methoxy groups -OCH3 is 1. The summed E-state index contributed by atoms with van der Waals surface area (Å²) in [6.45, 7) is 8.66. The summed E-state index contributed by atoms with van der Waals surface area (Å²) >= 11 is 0. The Morgan fingerprint density at radius 1 is 1.12 bits per heavy atom. The number of ether oxygens (including phenoxy) is 2. The van der Waals surface area contributed by atoms with Gasteiger partial charge in [0.1, 0.15) is 11.9 Å². The van der Waals surface area contributed by atoms with Crippen molar-refractivity contribution in [1.29, 1.82) is 0 Å². The number of carbonyl (C=O) groups excluding carboxylic acids is 1. The van der Waals surface area contributed by atoms with Crippen molar-refractivity contribution >= 4 is 11.7 Å². The molecule has 1 aliphatic rings. The highest BCUT2D eigenvalue weighted by atomic mass is 16.5. The number of rotatable bonds is 7. The molecule has 0 amide bonds. The molecule has 0 bridgehead atoms. The third-order valence-electron chi connectivity index (χ3n) is 6.74. The minimum absolute atomic E-state index is 0.0802. The number of carbonyl (C=O) groups is 1. The standard InChI is InChI=1S/C29H37NO3/c1-6-29(19-18-23-10-8-7-9-11-23,30-24-13-15-25(32-5)16-14-24)28(31)33-27-20-22(4)12-17-26(27)21(2)3/h7-11,13-16,21-22,26-27,30H,6,12,17,20H2,1-5H3/t22-,26+,27-,29-/m1/s1. The molecule has 1 saturated carbocycles. The molecule has 2 aromatic rings. The summed E-state index contributed by atoms with van der Waals surface area (Å²) in [7, 11) is 1.64. The monoisotopic (exact) mass is 447 g/mol. The maximum absolute atomic E-state index is 13.8. The van der Waals surface area contributed by atoms with E-state index < -0.39 is 5.54 Å². The second-order valence-electron chi connectivity index (χ2n) is 9.50. The Morgan fingerprint density at radius 3 is 2.42 bits per heavy atom. The first kappa shape index (κ1) is 24.7. The van der Waals surface area contributed by atoms with Crippen molar-refractivity contribution in [1.82, 2.24) is 0 Å². The first-order valence-electron chi connectivity index (χ1n) is 12.1. The highest BCUT2D eigenvalue weighted by Gasteiger charge is 2.41. The highest BCUT2D eigenvalue weighted by molar-refractivity contribution is 5.89. The minimum Gasteiger partial charge on any atom is -0.497 e. The summed E-state index contributed by atoms with van der Waals surface area (Å²) < 4.78 is 11.5. The molecule has 1 fully saturated rings. The van der Waals surface area contributed by atoms with Gasteiger partial charge in [0.15, 0.2) is 5.54 Å². The van der Waals surface area contributed by atoms with Gasteiger partial charge in [-0.2, -0.15) is 0 Å². The van der Waals surface area contributed by atoms with E-state index in [0.717, 1.165) is 29.8 Å².